The molecule has 3 heterocycles. The number of nitrogens with one attached hydrogen (secondary N) is 2. The summed E-state index contributed by atoms with van der Waals surface area (Å²) in [5.41, 5.74) is 2.04. The molecule has 29 heavy (non-hydrogen) atoms. The average molecular weight is 474 g/mol. The fourth-order valence-electron chi connectivity index (χ4n) is 3.72. The highest BCUT2D eigenvalue weighted by molar-refractivity contribution is 9.10. The van der Waals surface area contributed by atoms with Gasteiger partial charge in [0.25, 0.3) is 0 Å². The summed E-state index contributed by atoms with van der Waals surface area (Å²) in [6.07, 6.45) is 5.50. The lowest BCUT2D eigenvalue weighted by molar-refractivity contribution is -0.134. The number of hydrogen-bond acceptors (Lipinski definition) is 5. The Balaban J connectivity index is 1.54. The predicted octanol–water partition coefficient (Wildman–Crippen LogP) is 5.10. The topological polar surface area (TPSA) is 73.9 Å². The van der Waals surface area contributed by atoms with Crippen molar-refractivity contribution in [3.8, 4) is 11.3 Å². The van der Waals surface area contributed by atoms with Gasteiger partial charge in [0.1, 0.15) is 11.9 Å². The SMILES string of the molecule is CC(C)C(Nc1nccs1)C(=O)N1CCCC1c1ncc(-c2ccc(Br)cc2)[nH]1. The molecule has 0 radical (unpaired) electrons. The van der Waals surface area contributed by atoms with Crippen LogP contribution >= 0.6 is 27.3 Å². The highest BCUT2D eigenvalue weighted by Gasteiger charge is 2.36. The van der Waals surface area contributed by atoms with Gasteiger partial charge in [-0.15, -0.1) is 11.3 Å². The number of aromatic amines is 1. The van der Waals surface area contributed by atoms with Gasteiger partial charge in [0, 0.05) is 22.6 Å². The molecule has 2 N–H and O–H groups in total. The number of carbonyl (C=O) groups excluding carboxylic acids is 1. The summed E-state index contributed by atoms with van der Waals surface area (Å²) in [7, 11) is 0. The van der Waals surface area contributed by atoms with Gasteiger partial charge in [-0.2, -0.15) is 0 Å². The molecule has 0 bridgehead atoms. The smallest absolute Gasteiger partial charge is 0.246 e. The summed E-state index contributed by atoms with van der Waals surface area (Å²) in [6, 6.07) is 7.79. The fraction of sp³-hybridized carbons (Fsp3) is 0.381. The molecule has 1 aliphatic rings. The molecule has 4 rings (SSSR count). The second-order valence-corrected chi connectivity index (χ2v) is 9.39. The summed E-state index contributed by atoms with van der Waals surface area (Å²) in [5.74, 6) is 1.12. The van der Waals surface area contributed by atoms with Gasteiger partial charge in [0.15, 0.2) is 5.13 Å². The van der Waals surface area contributed by atoms with Crippen LogP contribution in [0.3, 0.4) is 0 Å². The standard InChI is InChI=1S/C21H24BrN5OS/c1-13(2)18(26-21-23-9-11-29-21)20(28)27-10-3-4-17(27)19-24-12-16(25-19)14-5-7-15(22)8-6-14/h5-9,11-13,17-18H,3-4,10H2,1-2H3,(H,23,26)(H,24,25). The summed E-state index contributed by atoms with van der Waals surface area (Å²) in [6.45, 7) is 4.88. The number of carbonyl (C=O) groups is 1. The van der Waals surface area contributed by atoms with Crippen molar-refractivity contribution in [1.82, 2.24) is 19.9 Å². The minimum absolute atomic E-state index is 0.0222. The highest BCUT2D eigenvalue weighted by atomic mass is 79.9. The van der Waals surface area contributed by atoms with Crippen molar-refractivity contribution < 1.29 is 4.79 Å². The number of thiazole rings is 1. The van der Waals surface area contributed by atoms with Crippen LogP contribution in [0.5, 0.6) is 0 Å². The van der Waals surface area contributed by atoms with Crippen LogP contribution in [0.25, 0.3) is 11.3 Å². The number of rotatable bonds is 6. The maximum absolute atomic E-state index is 13.4. The van der Waals surface area contributed by atoms with E-state index in [2.05, 4.69) is 50.0 Å². The van der Waals surface area contributed by atoms with Crippen molar-refractivity contribution in [2.45, 2.75) is 38.8 Å². The molecule has 8 heteroatoms. The van der Waals surface area contributed by atoms with Gasteiger partial charge in [0.05, 0.1) is 17.9 Å². The van der Waals surface area contributed by atoms with Crippen LogP contribution in [0, 0.1) is 5.92 Å². The number of benzene rings is 1. The molecule has 2 aromatic heterocycles. The first-order chi connectivity index (χ1) is 14.0. The first kappa shape index (κ1) is 20.1. The number of aromatic nitrogens is 3. The molecule has 152 valence electrons. The largest absolute Gasteiger partial charge is 0.350 e. The second-order valence-electron chi connectivity index (χ2n) is 7.58. The number of likely N-dealkylation sites (tertiary alicyclic amines) is 1. The van der Waals surface area contributed by atoms with Crippen LogP contribution in [0.2, 0.25) is 0 Å². The molecule has 1 fully saturated rings. The molecular formula is C21H24BrN5OS. The van der Waals surface area contributed by atoms with E-state index in [-0.39, 0.29) is 23.9 Å². The Kier molecular flexibility index (Phi) is 6.01. The molecule has 0 saturated carbocycles. The zero-order valence-electron chi connectivity index (χ0n) is 16.4. The third kappa shape index (κ3) is 4.38. The number of hydrogen-bond donors (Lipinski definition) is 2. The third-order valence-corrected chi connectivity index (χ3v) is 6.48. The highest BCUT2D eigenvalue weighted by Crippen LogP contribution is 2.33. The van der Waals surface area contributed by atoms with Crippen molar-refractivity contribution in [2.24, 2.45) is 5.92 Å². The number of nitrogens with zero attached hydrogens (tertiary/aromatic N) is 3. The van der Waals surface area contributed by atoms with E-state index < -0.39 is 0 Å². The maximum Gasteiger partial charge on any atom is 0.246 e. The number of amides is 1. The van der Waals surface area contributed by atoms with E-state index in [1.807, 2.05) is 40.7 Å². The minimum Gasteiger partial charge on any atom is -0.350 e. The van der Waals surface area contributed by atoms with E-state index in [1.165, 1.54) is 11.3 Å². The summed E-state index contributed by atoms with van der Waals surface area (Å²) in [4.78, 5) is 27.7. The van der Waals surface area contributed by atoms with E-state index >= 15 is 0 Å². The Hall–Kier alpha value is -2.19. The first-order valence-electron chi connectivity index (χ1n) is 9.80. The van der Waals surface area contributed by atoms with Gasteiger partial charge in [0.2, 0.25) is 5.91 Å². The molecule has 2 unspecified atom stereocenters. The Morgan fingerprint density at radius 2 is 2.10 bits per heavy atom. The lowest BCUT2D eigenvalue weighted by Gasteiger charge is -2.30. The molecule has 1 aliphatic heterocycles. The van der Waals surface area contributed by atoms with Gasteiger partial charge in [-0.1, -0.05) is 41.9 Å². The Morgan fingerprint density at radius 3 is 2.79 bits per heavy atom. The normalized spacial score (nSPS) is 17.7. The van der Waals surface area contributed by atoms with Crippen molar-refractivity contribution in [2.75, 3.05) is 11.9 Å². The van der Waals surface area contributed by atoms with Crippen LogP contribution in [0.4, 0.5) is 5.13 Å². The summed E-state index contributed by atoms with van der Waals surface area (Å²) < 4.78 is 1.04. The summed E-state index contributed by atoms with van der Waals surface area (Å²) in [5, 5.41) is 6.02. The van der Waals surface area contributed by atoms with Crippen LogP contribution in [-0.2, 0) is 4.79 Å². The predicted molar refractivity (Wildman–Crippen MR) is 120 cm³/mol. The molecular weight excluding hydrogens is 450 g/mol. The van der Waals surface area contributed by atoms with Crippen LogP contribution in [0.1, 0.15) is 38.6 Å². The van der Waals surface area contributed by atoms with Crippen LogP contribution in [0.15, 0.2) is 46.5 Å². The lowest BCUT2D eigenvalue weighted by atomic mass is 10.0. The first-order valence-corrected chi connectivity index (χ1v) is 11.5. The lowest BCUT2D eigenvalue weighted by Crippen LogP contribution is -2.45. The number of H-pyrrole nitrogens is 1. The van der Waals surface area contributed by atoms with Crippen LogP contribution < -0.4 is 5.32 Å². The number of anilines is 1. The zero-order valence-corrected chi connectivity index (χ0v) is 18.8. The quantitative estimate of drug-likeness (QED) is 0.522. The molecule has 1 amide bonds. The van der Waals surface area contributed by atoms with E-state index in [1.54, 1.807) is 6.20 Å². The van der Waals surface area contributed by atoms with Gasteiger partial charge >= 0.3 is 0 Å². The average Bonchev–Trinajstić information content (AvgIpc) is 3.47. The van der Waals surface area contributed by atoms with E-state index in [4.69, 9.17) is 0 Å². The fourth-order valence-corrected chi connectivity index (χ4v) is 4.55. The molecule has 1 saturated heterocycles. The number of imidazole rings is 1. The molecule has 0 aliphatic carbocycles. The summed E-state index contributed by atoms with van der Waals surface area (Å²) >= 11 is 4.98. The van der Waals surface area contributed by atoms with Gasteiger partial charge < -0.3 is 15.2 Å². The van der Waals surface area contributed by atoms with Crippen molar-refractivity contribution >= 4 is 38.3 Å². The molecule has 6 nitrogen and oxygen atoms in total. The Bertz CT molecular complexity index is 954. The zero-order chi connectivity index (χ0) is 20.4. The van der Waals surface area contributed by atoms with Crippen molar-refractivity contribution in [1.29, 1.82) is 0 Å². The van der Waals surface area contributed by atoms with Crippen molar-refractivity contribution in [3.63, 3.8) is 0 Å². The Labute approximate surface area is 182 Å². The molecule has 0 spiro atoms. The maximum atomic E-state index is 13.4. The second kappa shape index (κ2) is 8.67. The Morgan fingerprint density at radius 1 is 1.31 bits per heavy atom. The van der Waals surface area contributed by atoms with Crippen molar-refractivity contribution in [3.05, 3.63) is 52.3 Å². The number of halogens is 1. The van der Waals surface area contributed by atoms with E-state index in [0.29, 0.717) is 0 Å². The molecule has 2 atom stereocenters. The van der Waals surface area contributed by atoms with Gasteiger partial charge in [-0.05, 0) is 36.5 Å². The monoisotopic (exact) mass is 473 g/mol. The molecule has 3 aromatic rings. The van der Waals surface area contributed by atoms with Crippen LogP contribution in [-0.4, -0.2) is 38.3 Å². The minimum atomic E-state index is -0.303. The van der Waals surface area contributed by atoms with Gasteiger partial charge in [-0.3, -0.25) is 4.79 Å². The molecule has 1 aromatic carbocycles. The van der Waals surface area contributed by atoms with E-state index in [9.17, 15) is 4.79 Å². The van der Waals surface area contributed by atoms with E-state index in [0.717, 1.165) is 46.1 Å². The van der Waals surface area contributed by atoms with Gasteiger partial charge in [-0.25, -0.2) is 9.97 Å². The third-order valence-electron chi connectivity index (χ3n) is 5.25.